The van der Waals surface area contributed by atoms with Gasteiger partial charge >= 0.3 is 0 Å². The number of anilines is 1. The molecule has 0 aliphatic carbocycles. The summed E-state index contributed by atoms with van der Waals surface area (Å²) in [5.74, 6) is -0.816. The second-order valence-corrected chi connectivity index (χ2v) is 6.25. The van der Waals surface area contributed by atoms with Crippen LogP contribution in [0.2, 0.25) is 0 Å². The molecule has 5 heteroatoms. The predicted molar refractivity (Wildman–Crippen MR) is 98.4 cm³/mol. The number of amides is 1. The van der Waals surface area contributed by atoms with Crippen molar-refractivity contribution in [1.29, 1.82) is 0 Å². The number of nitrogens with zero attached hydrogens (tertiary/aromatic N) is 2. The average molecular weight is 341 g/mol. The number of hydrogen-bond acceptors (Lipinski definition) is 3. The fourth-order valence-electron chi connectivity index (χ4n) is 3.11. The third kappa shape index (κ3) is 4.79. The standard InChI is InChI=1S/C20H24FN3O/c21-19-10-5-4-9-18(19)20(25)22-11-6-12-23-13-15-24(16-14-23)17-7-2-1-3-8-17/h1-5,7-10H,6,11-16H2,(H,22,25). The van der Waals surface area contributed by atoms with Gasteiger partial charge < -0.3 is 10.2 Å². The first kappa shape index (κ1) is 17.4. The maximum Gasteiger partial charge on any atom is 0.254 e. The Labute approximate surface area is 148 Å². The summed E-state index contributed by atoms with van der Waals surface area (Å²) in [7, 11) is 0. The van der Waals surface area contributed by atoms with E-state index >= 15 is 0 Å². The summed E-state index contributed by atoms with van der Waals surface area (Å²) in [5, 5.41) is 2.80. The average Bonchev–Trinajstić information content (AvgIpc) is 2.66. The Bertz CT molecular complexity index is 684. The SMILES string of the molecule is O=C(NCCCN1CCN(c2ccccc2)CC1)c1ccccc1F. The van der Waals surface area contributed by atoms with E-state index in [0.717, 1.165) is 39.1 Å². The summed E-state index contributed by atoms with van der Waals surface area (Å²) in [5.41, 5.74) is 1.39. The topological polar surface area (TPSA) is 35.6 Å². The Morgan fingerprint density at radius 2 is 1.64 bits per heavy atom. The van der Waals surface area contributed by atoms with Crippen molar-refractivity contribution in [2.45, 2.75) is 6.42 Å². The quantitative estimate of drug-likeness (QED) is 0.821. The highest BCUT2D eigenvalue weighted by Gasteiger charge is 2.16. The fourth-order valence-corrected chi connectivity index (χ4v) is 3.11. The third-order valence-corrected chi connectivity index (χ3v) is 4.55. The molecule has 132 valence electrons. The molecule has 0 radical (unpaired) electrons. The van der Waals surface area contributed by atoms with Crippen LogP contribution in [-0.4, -0.2) is 50.1 Å². The van der Waals surface area contributed by atoms with Crippen molar-refractivity contribution in [3.8, 4) is 0 Å². The summed E-state index contributed by atoms with van der Waals surface area (Å²) in [4.78, 5) is 16.8. The van der Waals surface area contributed by atoms with Crippen LogP contribution in [0, 0.1) is 5.82 Å². The lowest BCUT2D eigenvalue weighted by Crippen LogP contribution is -2.47. The largest absolute Gasteiger partial charge is 0.369 e. The summed E-state index contributed by atoms with van der Waals surface area (Å²) in [6.45, 7) is 5.59. The molecule has 1 amide bonds. The highest BCUT2D eigenvalue weighted by molar-refractivity contribution is 5.94. The molecule has 3 rings (SSSR count). The summed E-state index contributed by atoms with van der Waals surface area (Å²) < 4.78 is 13.5. The Morgan fingerprint density at radius 1 is 0.960 bits per heavy atom. The Hall–Kier alpha value is -2.40. The van der Waals surface area contributed by atoms with E-state index in [0.29, 0.717) is 6.54 Å². The third-order valence-electron chi connectivity index (χ3n) is 4.55. The number of piperazine rings is 1. The molecule has 0 spiro atoms. The van der Waals surface area contributed by atoms with E-state index in [9.17, 15) is 9.18 Å². The summed E-state index contributed by atoms with van der Waals surface area (Å²) in [6.07, 6.45) is 0.867. The first-order valence-corrected chi connectivity index (χ1v) is 8.79. The van der Waals surface area contributed by atoms with E-state index in [1.807, 2.05) is 6.07 Å². The van der Waals surface area contributed by atoms with Crippen LogP contribution >= 0.6 is 0 Å². The number of benzene rings is 2. The second kappa shape index (κ2) is 8.62. The number of carbonyl (C=O) groups is 1. The number of carbonyl (C=O) groups excluding carboxylic acids is 1. The smallest absolute Gasteiger partial charge is 0.254 e. The fraction of sp³-hybridized carbons (Fsp3) is 0.350. The van der Waals surface area contributed by atoms with Crippen LogP contribution in [0.3, 0.4) is 0 Å². The zero-order valence-electron chi connectivity index (χ0n) is 14.3. The Balaban J connectivity index is 1.35. The molecule has 25 heavy (non-hydrogen) atoms. The molecule has 1 heterocycles. The summed E-state index contributed by atoms with van der Waals surface area (Å²) >= 11 is 0. The van der Waals surface area contributed by atoms with Crippen LogP contribution in [0.15, 0.2) is 54.6 Å². The molecule has 0 saturated carbocycles. The van der Waals surface area contributed by atoms with Crippen molar-refractivity contribution in [2.24, 2.45) is 0 Å². The van der Waals surface area contributed by atoms with Gasteiger partial charge in [-0.3, -0.25) is 9.69 Å². The van der Waals surface area contributed by atoms with E-state index in [1.54, 1.807) is 12.1 Å². The second-order valence-electron chi connectivity index (χ2n) is 6.25. The first-order chi connectivity index (χ1) is 12.2. The van der Waals surface area contributed by atoms with Crippen LogP contribution in [0.25, 0.3) is 0 Å². The van der Waals surface area contributed by atoms with Crippen molar-refractivity contribution >= 4 is 11.6 Å². The highest BCUT2D eigenvalue weighted by Crippen LogP contribution is 2.15. The number of nitrogens with one attached hydrogen (secondary N) is 1. The zero-order valence-corrected chi connectivity index (χ0v) is 14.3. The molecule has 1 aliphatic heterocycles. The number of hydrogen-bond donors (Lipinski definition) is 1. The van der Waals surface area contributed by atoms with Crippen molar-refractivity contribution in [1.82, 2.24) is 10.2 Å². The molecule has 1 fully saturated rings. The normalized spacial score (nSPS) is 15.2. The summed E-state index contributed by atoms with van der Waals surface area (Å²) in [6, 6.07) is 16.5. The lowest BCUT2D eigenvalue weighted by molar-refractivity contribution is 0.0947. The van der Waals surface area contributed by atoms with Crippen LogP contribution in [-0.2, 0) is 0 Å². The van der Waals surface area contributed by atoms with Gasteiger partial charge in [-0.05, 0) is 37.2 Å². The molecular formula is C20H24FN3O. The predicted octanol–water partition coefficient (Wildman–Crippen LogP) is 2.77. The molecule has 0 bridgehead atoms. The van der Waals surface area contributed by atoms with Crippen LogP contribution < -0.4 is 10.2 Å². The molecule has 1 aliphatic rings. The van der Waals surface area contributed by atoms with Gasteiger partial charge in [-0.25, -0.2) is 4.39 Å². The van der Waals surface area contributed by atoms with Crippen molar-refractivity contribution in [2.75, 3.05) is 44.2 Å². The van der Waals surface area contributed by atoms with Gasteiger partial charge in [-0.1, -0.05) is 30.3 Å². The molecule has 2 aromatic rings. The zero-order chi connectivity index (χ0) is 17.5. The maximum atomic E-state index is 13.5. The molecule has 0 atom stereocenters. The van der Waals surface area contributed by atoms with Gasteiger partial charge in [0, 0.05) is 38.4 Å². The van der Waals surface area contributed by atoms with Gasteiger partial charge in [0.05, 0.1) is 5.56 Å². The number of halogens is 1. The van der Waals surface area contributed by atoms with E-state index in [4.69, 9.17) is 0 Å². The van der Waals surface area contributed by atoms with Gasteiger partial charge in [-0.2, -0.15) is 0 Å². The van der Waals surface area contributed by atoms with Crippen LogP contribution in [0.4, 0.5) is 10.1 Å². The first-order valence-electron chi connectivity index (χ1n) is 8.79. The van der Waals surface area contributed by atoms with E-state index in [1.165, 1.54) is 17.8 Å². The molecule has 4 nitrogen and oxygen atoms in total. The minimum absolute atomic E-state index is 0.110. The number of para-hydroxylation sites is 1. The Kier molecular flexibility index (Phi) is 6.01. The van der Waals surface area contributed by atoms with Gasteiger partial charge in [0.15, 0.2) is 0 Å². The maximum absolute atomic E-state index is 13.5. The van der Waals surface area contributed by atoms with E-state index in [-0.39, 0.29) is 11.5 Å². The van der Waals surface area contributed by atoms with Crippen molar-refractivity contribution < 1.29 is 9.18 Å². The lowest BCUT2D eigenvalue weighted by atomic mass is 10.2. The van der Waals surface area contributed by atoms with Gasteiger partial charge in [0.2, 0.25) is 0 Å². The van der Waals surface area contributed by atoms with Crippen LogP contribution in [0.5, 0.6) is 0 Å². The molecular weight excluding hydrogens is 317 g/mol. The Morgan fingerprint density at radius 3 is 2.36 bits per heavy atom. The van der Waals surface area contributed by atoms with Crippen molar-refractivity contribution in [3.63, 3.8) is 0 Å². The molecule has 0 unspecified atom stereocenters. The minimum Gasteiger partial charge on any atom is -0.369 e. The molecule has 1 saturated heterocycles. The number of rotatable bonds is 6. The highest BCUT2D eigenvalue weighted by atomic mass is 19.1. The van der Waals surface area contributed by atoms with Gasteiger partial charge in [0.25, 0.3) is 5.91 Å². The van der Waals surface area contributed by atoms with E-state index < -0.39 is 5.82 Å². The monoisotopic (exact) mass is 341 g/mol. The molecule has 0 aromatic heterocycles. The van der Waals surface area contributed by atoms with Crippen molar-refractivity contribution in [3.05, 3.63) is 66.0 Å². The minimum atomic E-state index is -0.475. The van der Waals surface area contributed by atoms with Crippen LogP contribution in [0.1, 0.15) is 16.8 Å². The molecule has 2 aromatic carbocycles. The molecule has 1 N–H and O–H groups in total. The van der Waals surface area contributed by atoms with Gasteiger partial charge in [0.1, 0.15) is 5.82 Å². The van der Waals surface area contributed by atoms with E-state index in [2.05, 4.69) is 39.4 Å². The van der Waals surface area contributed by atoms with Gasteiger partial charge in [-0.15, -0.1) is 0 Å². The lowest BCUT2D eigenvalue weighted by Gasteiger charge is -2.36.